The first-order valence-electron chi connectivity index (χ1n) is 4.24. The normalized spacial score (nSPS) is 13.0. The van der Waals surface area contributed by atoms with E-state index in [0.717, 1.165) is 6.42 Å². The Morgan fingerprint density at radius 1 is 1.54 bits per heavy atom. The van der Waals surface area contributed by atoms with E-state index < -0.39 is 12.3 Å². The van der Waals surface area contributed by atoms with Gasteiger partial charge in [-0.05, 0) is 18.8 Å². The van der Waals surface area contributed by atoms with Crippen LogP contribution in [0.25, 0.3) is 0 Å². The molecule has 0 rings (SSSR count). The molecule has 1 unspecified atom stereocenters. The molecule has 0 aliphatic carbocycles. The Morgan fingerprint density at radius 2 is 2.15 bits per heavy atom. The Bertz CT molecular complexity index is 153. The fourth-order valence-corrected chi connectivity index (χ4v) is 0.831. The molecular formula is C8H15F2NO2. The molecule has 0 saturated heterocycles. The van der Waals surface area contributed by atoms with E-state index in [9.17, 15) is 13.6 Å². The number of nitrogens with one attached hydrogen (secondary N) is 1. The van der Waals surface area contributed by atoms with E-state index in [4.69, 9.17) is 5.11 Å². The van der Waals surface area contributed by atoms with Crippen LogP contribution in [0.15, 0.2) is 0 Å². The van der Waals surface area contributed by atoms with Crippen LogP contribution in [0.5, 0.6) is 0 Å². The van der Waals surface area contributed by atoms with Crippen LogP contribution < -0.4 is 5.32 Å². The standard InChI is InChI=1S/C8H15F2NO2/c1-6(5-12)3-2-4-11-8(13)7(9)10/h6-7,12H,2-5H2,1H3,(H,11,13). The SMILES string of the molecule is CC(CO)CCCNC(=O)C(F)F. The minimum absolute atomic E-state index is 0.0861. The van der Waals surface area contributed by atoms with Gasteiger partial charge in [0.1, 0.15) is 0 Å². The van der Waals surface area contributed by atoms with Crippen molar-refractivity contribution in [3.63, 3.8) is 0 Å². The van der Waals surface area contributed by atoms with Crippen LogP contribution in [-0.2, 0) is 4.79 Å². The van der Waals surface area contributed by atoms with Crippen LogP contribution in [0, 0.1) is 5.92 Å². The Morgan fingerprint density at radius 3 is 2.62 bits per heavy atom. The maximum atomic E-state index is 11.6. The minimum Gasteiger partial charge on any atom is -0.396 e. The molecular weight excluding hydrogens is 180 g/mol. The van der Waals surface area contributed by atoms with E-state index in [0.29, 0.717) is 6.42 Å². The first-order valence-corrected chi connectivity index (χ1v) is 4.24. The first-order chi connectivity index (χ1) is 6.07. The van der Waals surface area contributed by atoms with Gasteiger partial charge in [-0.15, -0.1) is 0 Å². The minimum atomic E-state index is -2.93. The van der Waals surface area contributed by atoms with Gasteiger partial charge in [0.25, 0.3) is 5.91 Å². The van der Waals surface area contributed by atoms with E-state index in [2.05, 4.69) is 5.32 Å². The topological polar surface area (TPSA) is 49.3 Å². The Balaban J connectivity index is 3.31. The molecule has 0 aromatic rings. The van der Waals surface area contributed by atoms with E-state index in [1.54, 1.807) is 0 Å². The highest BCUT2D eigenvalue weighted by Gasteiger charge is 2.13. The van der Waals surface area contributed by atoms with E-state index >= 15 is 0 Å². The Kier molecular flexibility index (Phi) is 6.40. The van der Waals surface area contributed by atoms with Gasteiger partial charge in [0.15, 0.2) is 0 Å². The van der Waals surface area contributed by atoms with Gasteiger partial charge in [0.05, 0.1) is 0 Å². The fraction of sp³-hybridized carbons (Fsp3) is 0.875. The van der Waals surface area contributed by atoms with Gasteiger partial charge in [-0.3, -0.25) is 4.79 Å². The van der Waals surface area contributed by atoms with Gasteiger partial charge in [-0.25, -0.2) is 0 Å². The number of carbonyl (C=O) groups excluding carboxylic acids is 1. The predicted molar refractivity (Wildman–Crippen MR) is 44.5 cm³/mol. The highest BCUT2D eigenvalue weighted by Crippen LogP contribution is 2.02. The molecule has 0 heterocycles. The number of alkyl halides is 2. The van der Waals surface area contributed by atoms with Gasteiger partial charge >= 0.3 is 6.43 Å². The van der Waals surface area contributed by atoms with Gasteiger partial charge in [0.2, 0.25) is 0 Å². The van der Waals surface area contributed by atoms with Crippen molar-refractivity contribution in [3.05, 3.63) is 0 Å². The van der Waals surface area contributed by atoms with Crippen LogP contribution in [0.2, 0.25) is 0 Å². The molecule has 13 heavy (non-hydrogen) atoms. The van der Waals surface area contributed by atoms with Crippen molar-refractivity contribution >= 4 is 5.91 Å². The molecule has 78 valence electrons. The lowest BCUT2D eigenvalue weighted by atomic mass is 10.1. The van der Waals surface area contributed by atoms with Gasteiger partial charge in [0, 0.05) is 13.2 Å². The molecule has 0 spiro atoms. The highest BCUT2D eigenvalue weighted by atomic mass is 19.3. The molecule has 0 saturated carbocycles. The summed E-state index contributed by atoms with van der Waals surface area (Å²) in [6, 6.07) is 0. The van der Waals surface area contributed by atoms with Gasteiger partial charge in [-0.2, -0.15) is 8.78 Å². The second kappa shape index (κ2) is 6.77. The lowest BCUT2D eigenvalue weighted by Crippen LogP contribution is -2.30. The van der Waals surface area contributed by atoms with E-state index in [1.807, 2.05) is 6.92 Å². The lowest BCUT2D eigenvalue weighted by molar-refractivity contribution is -0.131. The summed E-state index contributed by atoms with van der Waals surface area (Å²) in [5.74, 6) is -1.07. The number of aliphatic hydroxyl groups is 1. The smallest absolute Gasteiger partial charge is 0.315 e. The second-order valence-corrected chi connectivity index (χ2v) is 3.02. The summed E-state index contributed by atoms with van der Waals surface area (Å²) in [4.78, 5) is 10.3. The summed E-state index contributed by atoms with van der Waals surface area (Å²) >= 11 is 0. The zero-order chi connectivity index (χ0) is 10.3. The average Bonchev–Trinajstić information content (AvgIpc) is 2.11. The molecule has 0 radical (unpaired) electrons. The van der Waals surface area contributed by atoms with Gasteiger partial charge < -0.3 is 10.4 Å². The monoisotopic (exact) mass is 195 g/mol. The number of halogens is 2. The summed E-state index contributed by atoms with van der Waals surface area (Å²) < 4.78 is 23.3. The third-order valence-electron chi connectivity index (χ3n) is 1.68. The number of aliphatic hydroxyl groups excluding tert-OH is 1. The number of carbonyl (C=O) groups is 1. The van der Waals surface area contributed by atoms with Crippen molar-refractivity contribution in [2.45, 2.75) is 26.2 Å². The molecule has 2 N–H and O–H groups in total. The fourth-order valence-electron chi connectivity index (χ4n) is 0.831. The quantitative estimate of drug-likeness (QED) is 0.615. The summed E-state index contributed by atoms with van der Waals surface area (Å²) in [6.07, 6.45) is -1.60. The highest BCUT2D eigenvalue weighted by molar-refractivity contribution is 5.78. The molecule has 0 aromatic heterocycles. The number of hydrogen-bond acceptors (Lipinski definition) is 2. The molecule has 0 aromatic carbocycles. The third kappa shape index (κ3) is 6.45. The maximum Gasteiger partial charge on any atom is 0.315 e. The van der Waals surface area contributed by atoms with Crippen LogP contribution in [0.1, 0.15) is 19.8 Å². The number of rotatable bonds is 6. The molecule has 1 amide bonds. The van der Waals surface area contributed by atoms with Crippen molar-refractivity contribution < 1.29 is 18.7 Å². The molecule has 0 fully saturated rings. The van der Waals surface area contributed by atoms with Crippen molar-refractivity contribution in [1.82, 2.24) is 5.32 Å². The summed E-state index contributed by atoms with van der Waals surface area (Å²) in [5, 5.41) is 10.7. The Labute approximate surface area is 76.1 Å². The molecule has 0 bridgehead atoms. The maximum absolute atomic E-state index is 11.6. The van der Waals surface area contributed by atoms with Crippen molar-refractivity contribution in [3.8, 4) is 0 Å². The van der Waals surface area contributed by atoms with Crippen LogP contribution in [0.3, 0.4) is 0 Å². The molecule has 1 atom stereocenters. The molecule has 5 heteroatoms. The zero-order valence-corrected chi connectivity index (χ0v) is 7.59. The van der Waals surface area contributed by atoms with E-state index in [-0.39, 0.29) is 19.1 Å². The second-order valence-electron chi connectivity index (χ2n) is 3.02. The Hall–Kier alpha value is -0.710. The molecule has 0 aliphatic heterocycles. The lowest BCUT2D eigenvalue weighted by Gasteiger charge is -2.07. The summed E-state index contributed by atoms with van der Waals surface area (Å²) in [6.45, 7) is 2.19. The van der Waals surface area contributed by atoms with Crippen molar-refractivity contribution in [2.24, 2.45) is 5.92 Å². The molecule has 0 aliphatic rings. The summed E-state index contributed by atoms with van der Waals surface area (Å²) in [5.41, 5.74) is 0. The van der Waals surface area contributed by atoms with Crippen molar-refractivity contribution in [1.29, 1.82) is 0 Å². The molecule has 3 nitrogen and oxygen atoms in total. The van der Waals surface area contributed by atoms with Crippen LogP contribution >= 0.6 is 0 Å². The van der Waals surface area contributed by atoms with E-state index in [1.165, 1.54) is 0 Å². The van der Waals surface area contributed by atoms with Gasteiger partial charge in [-0.1, -0.05) is 6.92 Å². The predicted octanol–water partition coefficient (Wildman–Crippen LogP) is 0.776. The largest absolute Gasteiger partial charge is 0.396 e. The summed E-state index contributed by atoms with van der Waals surface area (Å²) in [7, 11) is 0. The first kappa shape index (κ1) is 12.3. The third-order valence-corrected chi connectivity index (χ3v) is 1.68. The van der Waals surface area contributed by atoms with Crippen LogP contribution in [0.4, 0.5) is 8.78 Å². The number of hydrogen-bond donors (Lipinski definition) is 2. The van der Waals surface area contributed by atoms with Crippen LogP contribution in [-0.4, -0.2) is 30.6 Å². The zero-order valence-electron chi connectivity index (χ0n) is 7.59. The number of amides is 1. The average molecular weight is 195 g/mol. The van der Waals surface area contributed by atoms with Crippen molar-refractivity contribution in [2.75, 3.05) is 13.2 Å².